The fourth-order valence-corrected chi connectivity index (χ4v) is 1.63. The Morgan fingerprint density at radius 1 is 1.37 bits per heavy atom. The van der Waals surface area contributed by atoms with Crippen molar-refractivity contribution in [3.8, 4) is 5.75 Å². The minimum atomic E-state index is -0.369. The average Bonchev–Trinajstić information content (AvgIpc) is 2.64. The van der Waals surface area contributed by atoms with Gasteiger partial charge in [0, 0.05) is 24.9 Å². The van der Waals surface area contributed by atoms with Crippen LogP contribution >= 0.6 is 0 Å². The lowest BCUT2D eigenvalue weighted by atomic mass is 10.3. The van der Waals surface area contributed by atoms with E-state index in [-0.39, 0.29) is 30.7 Å². The lowest BCUT2D eigenvalue weighted by Gasteiger charge is -2.10. The summed E-state index contributed by atoms with van der Waals surface area (Å²) in [7, 11) is 1.43. The first-order valence-electron chi connectivity index (χ1n) is 5.76. The van der Waals surface area contributed by atoms with E-state index in [1.807, 2.05) is 0 Å². The third-order valence-corrected chi connectivity index (χ3v) is 2.61. The van der Waals surface area contributed by atoms with Gasteiger partial charge in [0.1, 0.15) is 18.1 Å². The van der Waals surface area contributed by atoms with Crippen LogP contribution in [0.4, 0.5) is 5.69 Å². The van der Waals surface area contributed by atoms with E-state index >= 15 is 0 Å². The molecule has 1 aromatic rings. The van der Waals surface area contributed by atoms with Crippen molar-refractivity contribution in [1.29, 1.82) is 0 Å². The van der Waals surface area contributed by atoms with Gasteiger partial charge in [-0.1, -0.05) is 6.07 Å². The molecule has 0 radical (unpaired) electrons. The number of carbonyl (C=O) groups is 2. The number of ether oxygens (including phenoxy) is 1. The number of carbonyl (C=O) groups excluding carboxylic acids is 2. The van der Waals surface area contributed by atoms with Crippen molar-refractivity contribution in [2.24, 2.45) is 0 Å². The monoisotopic (exact) mass is 262 g/mol. The number of aliphatic hydroxyl groups is 1. The summed E-state index contributed by atoms with van der Waals surface area (Å²) < 4.78 is 5.26. The number of likely N-dealkylation sites (N-methyl/N-ethyl adjacent to an activating group) is 1. The fraction of sp³-hybridized carbons (Fsp3) is 0.231. The minimum absolute atomic E-state index is 0.0689. The molecule has 1 aliphatic rings. The van der Waals surface area contributed by atoms with Crippen LogP contribution in [0.3, 0.4) is 0 Å². The van der Waals surface area contributed by atoms with Crippen LogP contribution in [0.5, 0.6) is 5.75 Å². The first-order valence-corrected chi connectivity index (χ1v) is 5.76. The third-order valence-electron chi connectivity index (χ3n) is 2.61. The van der Waals surface area contributed by atoms with Crippen LogP contribution in [0, 0.1) is 0 Å². The standard InChI is InChI=1S/C13H14N2O4/c1-15-12(17)8-11(13(15)18)14-9-3-2-4-10(7-9)19-6-5-16/h2-4,7-8,14,16H,5-6H2,1H3. The van der Waals surface area contributed by atoms with Gasteiger partial charge in [-0.05, 0) is 12.1 Å². The van der Waals surface area contributed by atoms with Gasteiger partial charge in [0.05, 0.1) is 6.61 Å². The van der Waals surface area contributed by atoms with Crippen molar-refractivity contribution < 1.29 is 19.4 Å². The lowest BCUT2D eigenvalue weighted by Crippen LogP contribution is -2.27. The second kappa shape index (κ2) is 5.53. The van der Waals surface area contributed by atoms with Crippen molar-refractivity contribution in [2.45, 2.75) is 0 Å². The van der Waals surface area contributed by atoms with Gasteiger partial charge in [-0.15, -0.1) is 0 Å². The fourth-order valence-electron chi connectivity index (χ4n) is 1.63. The number of rotatable bonds is 5. The molecule has 2 amide bonds. The molecule has 0 bridgehead atoms. The molecule has 1 heterocycles. The van der Waals surface area contributed by atoms with E-state index in [2.05, 4.69) is 5.32 Å². The van der Waals surface area contributed by atoms with Crippen LogP contribution in [0.25, 0.3) is 0 Å². The Kier molecular flexibility index (Phi) is 3.82. The number of hydrogen-bond donors (Lipinski definition) is 2. The van der Waals surface area contributed by atoms with Crippen LogP contribution in [-0.4, -0.2) is 42.1 Å². The highest BCUT2D eigenvalue weighted by atomic mass is 16.5. The molecule has 0 fully saturated rings. The van der Waals surface area contributed by atoms with Crippen LogP contribution in [-0.2, 0) is 9.59 Å². The van der Waals surface area contributed by atoms with Crippen molar-refractivity contribution in [1.82, 2.24) is 4.90 Å². The van der Waals surface area contributed by atoms with Gasteiger partial charge in [-0.3, -0.25) is 14.5 Å². The molecule has 2 N–H and O–H groups in total. The van der Waals surface area contributed by atoms with Crippen molar-refractivity contribution in [3.05, 3.63) is 36.0 Å². The zero-order chi connectivity index (χ0) is 13.8. The van der Waals surface area contributed by atoms with E-state index in [9.17, 15) is 9.59 Å². The lowest BCUT2D eigenvalue weighted by molar-refractivity contribution is -0.135. The predicted octanol–water partition coefficient (Wildman–Crippen LogP) is 0.352. The summed E-state index contributed by atoms with van der Waals surface area (Å²) in [5.41, 5.74) is 0.866. The third kappa shape index (κ3) is 2.92. The van der Waals surface area contributed by atoms with Gasteiger partial charge >= 0.3 is 0 Å². The highest BCUT2D eigenvalue weighted by Gasteiger charge is 2.27. The maximum Gasteiger partial charge on any atom is 0.277 e. The maximum atomic E-state index is 11.7. The molecule has 0 aliphatic carbocycles. The van der Waals surface area contributed by atoms with Gasteiger partial charge in [-0.25, -0.2) is 0 Å². The largest absolute Gasteiger partial charge is 0.491 e. The number of anilines is 1. The smallest absolute Gasteiger partial charge is 0.277 e. The minimum Gasteiger partial charge on any atom is -0.491 e. The Morgan fingerprint density at radius 2 is 2.16 bits per heavy atom. The first kappa shape index (κ1) is 13.1. The molecule has 6 heteroatoms. The van der Waals surface area contributed by atoms with E-state index in [1.54, 1.807) is 24.3 Å². The molecule has 1 aliphatic heterocycles. The normalized spacial score (nSPS) is 14.6. The van der Waals surface area contributed by atoms with Crippen LogP contribution in [0.2, 0.25) is 0 Å². The Bertz CT molecular complexity index is 539. The Balaban J connectivity index is 2.09. The zero-order valence-electron chi connectivity index (χ0n) is 10.4. The number of nitrogens with one attached hydrogen (secondary N) is 1. The summed E-state index contributed by atoms with van der Waals surface area (Å²) in [5, 5.41) is 11.6. The molecule has 0 spiro atoms. The van der Waals surface area contributed by atoms with E-state index in [0.717, 1.165) is 4.90 Å². The molecule has 19 heavy (non-hydrogen) atoms. The molecule has 0 aromatic heterocycles. The Labute approximate surface area is 110 Å². The van der Waals surface area contributed by atoms with E-state index in [4.69, 9.17) is 9.84 Å². The maximum absolute atomic E-state index is 11.7. The van der Waals surface area contributed by atoms with Crippen LogP contribution < -0.4 is 10.1 Å². The number of imide groups is 1. The van der Waals surface area contributed by atoms with Crippen LogP contribution in [0.1, 0.15) is 0 Å². The van der Waals surface area contributed by atoms with Crippen LogP contribution in [0.15, 0.2) is 36.0 Å². The second-order valence-corrected chi connectivity index (χ2v) is 3.99. The second-order valence-electron chi connectivity index (χ2n) is 3.99. The average molecular weight is 262 g/mol. The summed E-state index contributed by atoms with van der Waals surface area (Å²) in [4.78, 5) is 24.1. The summed E-state index contributed by atoms with van der Waals surface area (Å²) in [6.07, 6.45) is 1.25. The highest BCUT2D eigenvalue weighted by molar-refractivity contribution is 6.17. The predicted molar refractivity (Wildman–Crippen MR) is 68.5 cm³/mol. The summed E-state index contributed by atoms with van der Waals surface area (Å²) in [5.74, 6) is -0.142. The van der Waals surface area contributed by atoms with Gasteiger partial charge in [0.15, 0.2) is 0 Å². The molecule has 0 saturated carbocycles. The SMILES string of the molecule is CN1C(=O)C=C(Nc2cccc(OCCO)c2)C1=O. The van der Waals surface area contributed by atoms with Crippen molar-refractivity contribution in [2.75, 3.05) is 25.6 Å². The molecule has 0 atom stereocenters. The van der Waals surface area contributed by atoms with Gasteiger partial charge < -0.3 is 15.2 Å². The quantitative estimate of drug-likeness (QED) is 0.749. The molecule has 1 aromatic carbocycles. The van der Waals surface area contributed by atoms with Crippen molar-refractivity contribution in [3.63, 3.8) is 0 Å². The van der Waals surface area contributed by atoms with E-state index in [1.165, 1.54) is 13.1 Å². The topological polar surface area (TPSA) is 78.9 Å². The summed E-state index contributed by atoms with van der Waals surface area (Å²) in [6.45, 7) is 0.132. The number of nitrogens with zero attached hydrogens (tertiary/aromatic N) is 1. The highest BCUT2D eigenvalue weighted by Crippen LogP contribution is 2.20. The van der Waals surface area contributed by atoms with E-state index in [0.29, 0.717) is 11.4 Å². The van der Waals surface area contributed by atoms with Crippen molar-refractivity contribution >= 4 is 17.5 Å². The number of hydrogen-bond acceptors (Lipinski definition) is 5. The number of benzene rings is 1. The number of amides is 2. The first-order chi connectivity index (χ1) is 9.11. The number of aliphatic hydroxyl groups excluding tert-OH is 1. The Morgan fingerprint density at radius 3 is 2.79 bits per heavy atom. The van der Waals surface area contributed by atoms with Gasteiger partial charge in [0.25, 0.3) is 11.8 Å². The van der Waals surface area contributed by atoms with E-state index < -0.39 is 0 Å². The molecule has 6 nitrogen and oxygen atoms in total. The zero-order valence-corrected chi connectivity index (χ0v) is 10.4. The summed E-state index contributed by atoms with van der Waals surface area (Å²) in [6, 6.07) is 6.93. The van der Waals surface area contributed by atoms with Gasteiger partial charge in [-0.2, -0.15) is 0 Å². The molecule has 2 rings (SSSR count). The molecule has 0 saturated heterocycles. The van der Waals surface area contributed by atoms with Gasteiger partial charge in [0.2, 0.25) is 0 Å². The molecular weight excluding hydrogens is 248 g/mol. The molecule has 0 unspecified atom stereocenters. The summed E-state index contributed by atoms with van der Waals surface area (Å²) >= 11 is 0. The molecule has 100 valence electrons. The Hall–Kier alpha value is -2.34. The molecular formula is C13H14N2O4.